The van der Waals surface area contributed by atoms with Crippen molar-refractivity contribution in [2.75, 3.05) is 0 Å². The van der Waals surface area contributed by atoms with E-state index < -0.39 is 18.0 Å². The van der Waals surface area contributed by atoms with E-state index in [1.807, 2.05) is 0 Å². The van der Waals surface area contributed by atoms with Crippen LogP contribution in [-0.2, 0) is 14.4 Å². The van der Waals surface area contributed by atoms with Gasteiger partial charge in [0.05, 0.1) is 5.60 Å². The molecule has 0 saturated heterocycles. The minimum Gasteiger partial charge on any atom is -0.481 e. The maximum atomic E-state index is 11.7. The normalized spacial score (nSPS) is 11.9. The van der Waals surface area contributed by atoms with E-state index in [1.54, 1.807) is 0 Å². The van der Waals surface area contributed by atoms with Gasteiger partial charge in [-0.25, -0.2) is 4.79 Å². The molecule has 1 amide bonds. The molecule has 0 aromatic rings. The smallest absolute Gasteiger partial charge is 0.326 e. The lowest BCUT2D eigenvalue weighted by Crippen LogP contribution is -2.41. The molecule has 0 fully saturated rings. The molecule has 0 aliphatic carbocycles. The zero-order valence-corrected chi connectivity index (χ0v) is 35.1. The summed E-state index contributed by atoms with van der Waals surface area (Å²) in [6.07, 6.45) is 41.7. The summed E-state index contributed by atoms with van der Waals surface area (Å²) in [7, 11) is 0. The molecule has 0 radical (unpaired) electrons. The highest BCUT2D eigenvalue weighted by atomic mass is 16.4. The number of aliphatic hydroxyl groups is 1. The first-order valence-electron chi connectivity index (χ1n) is 22.6. The van der Waals surface area contributed by atoms with Crippen LogP contribution in [0.5, 0.6) is 0 Å². The predicted octanol–water partition coefficient (Wildman–Crippen LogP) is 13.5. The first-order chi connectivity index (χ1) is 25.2. The number of carbonyl (C=O) groups is 3. The molecule has 0 aromatic heterocycles. The second kappa shape index (κ2) is 40.6. The number of hydrogen-bond acceptors (Lipinski definition) is 4. The summed E-state index contributed by atoms with van der Waals surface area (Å²) in [6.45, 7) is 9.05. The van der Waals surface area contributed by atoms with Crippen molar-refractivity contribution in [1.29, 1.82) is 0 Å². The summed E-state index contributed by atoms with van der Waals surface area (Å²) >= 11 is 0. The molecule has 0 aliphatic heterocycles. The van der Waals surface area contributed by atoms with Crippen LogP contribution < -0.4 is 5.32 Å². The molecule has 0 saturated carbocycles. The summed E-state index contributed by atoms with van der Waals surface area (Å²) < 4.78 is 0. The van der Waals surface area contributed by atoms with E-state index >= 15 is 0 Å². The molecular formula is C45H89NO6. The first-order valence-corrected chi connectivity index (χ1v) is 22.6. The van der Waals surface area contributed by atoms with Crippen LogP contribution in [0, 0.1) is 0 Å². The number of carboxylic acids is 2. The Hall–Kier alpha value is -1.63. The molecule has 0 rings (SSSR count). The van der Waals surface area contributed by atoms with Crippen LogP contribution >= 0.6 is 0 Å². The Kier molecular flexibility index (Phi) is 40.9. The van der Waals surface area contributed by atoms with Gasteiger partial charge in [0.25, 0.3) is 0 Å². The highest BCUT2D eigenvalue weighted by molar-refractivity contribution is 5.83. The van der Waals surface area contributed by atoms with E-state index in [1.165, 1.54) is 173 Å². The fourth-order valence-corrected chi connectivity index (χ4v) is 7.00. The monoisotopic (exact) mass is 740 g/mol. The maximum Gasteiger partial charge on any atom is 0.326 e. The Bertz CT molecular complexity index is 772. The summed E-state index contributed by atoms with van der Waals surface area (Å²) in [5.41, 5.74) is -0.364. The third-order valence-corrected chi connectivity index (χ3v) is 10.5. The molecule has 0 bridgehead atoms. The van der Waals surface area contributed by atoms with Crippen molar-refractivity contribution in [1.82, 2.24) is 5.32 Å². The van der Waals surface area contributed by atoms with Crippen molar-refractivity contribution < 1.29 is 29.7 Å². The van der Waals surface area contributed by atoms with Gasteiger partial charge in [0, 0.05) is 12.8 Å². The summed E-state index contributed by atoms with van der Waals surface area (Å²) in [4.78, 5) is 33.1. The van der Waals surface area contributed by atoms with Gasteiger partial charge in [-0.2, -0.15) is 0 Å². The fraction of sp³-hybridized carbons (Fsp3) is 0.933. The molecule has 310 valence electrons. The first kappa shape index (κ1) is 52.5. The van der Waals surface area contributed by atoms with E-state index in [0.717, 1.165) is 38.5 Å². The molecule has 0 aromatic carbocycles. The Balaban J connectivity index is 0. The molecule has 0 aliphatic rings. The second-order valence-electron chi connectivity index (χ2n) is 15.8. The number of rotatable bonds is 39. The van der Waals surface area contributed by atoms with Gasteiger partial charge < -0.3 is 20.6 Å². The number of hydrogen-bond donors (Lipinski definition) is 4. The minimum atomic E-state index is -1.19. The zero-order valence-electron chi connectivity index (χ0n) is 35.1. The van der Waals surface area contributed by atoms with Gasteiger partial charge >= 0.3 is 11.9 Å². The van der Waals surface area contributed by atoms with E-state index in [0.29, 0.717) is 6.42 Å². The van der Waals surface area contributed by atoms with Crippen LogP contribution in [-0.4, -0.2) is 44.8 Å². The molecule has 52 heavy (non-hydrogen) atoms. The molecule has 1 atom stereocenters. The Morgan fingerprint density at radius 3 is 1.02 bits per heavy atom. The van der Waals surface area contributed by atoms with Crippen molar-refractivity contribution in [2.24, 2.45) is 0 Å². The zero-order chi connectivity index (χ0) is 39.0. The van der Waals surface area contributed by atoms with Crippen molar-refractivity contribution >= 4 is 17.8 Å². The number of nitrogens with one attached hydrogen (secondary N) is 1. The number of carboxylic acid groups (broad SMARTS) is 2. The van der Waals surface area contributed by atoms with Gasteiger partial charge in [-0.05, 0) is 32.1 Å². The lowest BCUT2D eigenvalue weighted by molar-refractivity contribution is -0.143. The third-order valence-electron chi connectivity index (χ3n) is 10.5. The van der Waals surface area contributed by atoms with Gasteiger partial charge in [-0.3, -0.25) is 9.59 Å². The van der Waals surface area contributed by atoms with Gasteiger partial charge in [0.1, 0.15) is 6.04 Å². The lowest BCUT2D eigenvalue weighted by Gasteiger charge is -2.29. The quantitative estimate of drug-likeness (QED) is 0.0465. The van der Waals surface area contributed by atoms with E-state index in [9.17, 15) is 19.5 Å². The van der Waals surface area contributed by atoms with Gasteiger partial charge in [0.2, 0.25) is 5.91 Å². The van der Waals surface area contributed by atoms with Crippen LogP contribution in [0.25, 0.3) is 0 Å². The molecule has 7 nitrogen and oxygen atoms in total. The highest BCUT2D eigenvalue weighted by Crippen LogP contribution is 2.29. The van der Waals surface area contributed by atoms with Crippen molar-refractivity contribution in [3.63, 3.8) is 0 Å². The molecule has 0 heterocycles. The van der Waals surface area contributed by atoms with Crippen molar-refractivity contribution in [2.45, 2.75) is 270 Å². The second-order valence-corrected chi connectivity index (χ2v) is 15.8. The van der Waals surface area contributed by atoms with Gasteiger partial charge in [0.15, 0.2) is 0 Å². The average molecular weight is 740 g/mol. The molecule has 7 heteroatoms. The molecule has 0 spiro atoms. The highest BCUT2D eigenvalue weighted by Gasteiger charge is 2.25. The molecule has 4 N–H and O–H groups in total. The molecule has 1 unspecified atom stereocenters. The number of aliphatic carboxylic acids is 2. The largest absolute Gasteiger partial charge is 0.481 e. The van der Waals surface area contributed by atoms with Crippen LogP contribution in [0.3, 0.4) is 0 Å². The van der Waals surface area contributed by atoms with Gasteiger partial charge in [-0.15, -0.1) is 0 Å². The lowest BCUT2D eigenvalue weighted by atomic mass is 9.85. The van der Waals surface area contributed by atoms with Crippen molar-refractivity contribution in [3.8, 4) is 0 Å². The number of amides is 1. The standard InChI is InChI=1S/C28H58O.C17H31NO5/c1-4-7-10-13-16-17-18-21-24-27-28(29,25-22-19-14-11-8-5-2)26-23-20-15-12-9-6-3;1-2-3-4-5-6-7-8-9-10-11-15(19)18-14(17(22)23)12-13-16(20)21/h29H,4-27H2,1-3H3;14H,2-13H2,1H3,(H,18,19)(H,20,21)(H,22,23). The predicted molar refractivity (Wildman–Crippen MR) is 221 cm³/mol. The van der Waals surface area contributed by atoms with Crippen molar-refractivity contribution in [3.05, 3.63) is 0 Å². The SMILES string of the molecule is CCCCCCCCCCCC(=O)NC(CCC(=O)O)C(=O)O.CCCCCCCCCCCC(O)(CCCCCCCC)CCCCCCCC. The topological polar surface area (TPSA) is 124 Å². The molecular weight excluding hydrogens is 650 g/mol. The summed E-state index contributed by atoms with van der Waals surface area (Å²) in [5, 5.41) is 31.2. The summed E-state index contributed by atoms with van der Waals surface area (Å²) in [5.74, 6) is -2.57. The van der Waals surface area contributed by atoms with E-state index in [4.69, 9.17) is 10.2 Å². The Labute approximate surface area is 322 Å². The van der Waals surface area contributed by atoms with E-state index in [-0.39, 0.29) is 24.3 Å². The number of unbranched alkanes of at least 4 members (excludes halogenated alkanes) is 26. The Morgan fingerprint density at radius 1 is 0.442 bits per heavy atom. The average Bonchev–Trinajstić information content (AvgIpc) is 3.11. The van der Waals surface area contributed by atoms with Crippen LogP contribution in [0.2, 0.25) is 0 Å². The summed E-state index contributed by atoms with van der Waals surface area (Å²) in [6, 6.07) is -1.11. The third kappa shape index (κ3) is 39.6. The maximum absolute atomic E-state index is 11.7. The number of carbonyl (C=O) groups excluding carboxylic acids is 1. The minimum absolute atomic E-state index is 0.0891. The van der Waals surface area contributed by atoms with Crippen LogP contribution in [0.1, 0.15) is 259 Å². The fourth-order valence-electron chi connectivity index (χ4n) is 7.00. The van der Waals surface area contributed by atoms with Gasteiger partial charge in [-0.1, -0.05) is 214 Å². The van der Waals surface area contributed by atoms with Crippen LogP contribution in [0.4, 0.5) is 0 Å². The Morgan fingerprint density at radius 2 is 0.731 bits per heavy atom. The van der Waals surface area contributed by atoms with E-state index in [2.05, 4.69) is 33.0 Å². The van der Waals surface area contributed by atoms with Crippen LogP contribution in [0.15, 0.2) is 0 Å².